The summed E-state index contributed by atoms with van der Waals surface area (Å²) in [5.41, 5.74) is 1.04. The van der Waals surface area contributed by atoms with Crippen LogP contribution in [-0.4, -0.2) is 18.3 Å². The molecule has 2 rings (SSSR count). The Kier molecular flexibility index (Phi) is 2.72. The second kappa shape index (κ2) is 3.64. The third-order valence-electron chi connectivity index (χ3n) is 1.60. The first-order chi connectivity index (χ1) is 5.75. The molecule has 0 amide bonds. The zero-order valence-electron chi connectivity index (χ0n) is 6.10. The van der Waals surface area contributed by atoms with Gasteiger partial charge in [-0.1, -0.05) is 0 Å². The van der Waals surface area contributed by atoms with Crippen LogP contribution in [0.4, 0.5) is 0 Å². The van der Waals surface area contributed by atoms with Gasteiger partial charge in [0.25, 0.3) is 0 Å². The Morgan fingerprint density at radius 2 is 2.33 bits per heavy atom. The predicted octanol–water partition coefficient (Wildman–Crippen LogP) is -1.20. The zero-order valence-corrected chi connectivity index (χ0v) is 9.77. The van der Waals surface area contributed by atoms with Gasteiger partial charge in [0.05, 0.1) is 0 Å². The number of hydrogen-bond acceptors (Lipinski definition) is 2. The van der Waals surface area contributed by atoms with Crippen LogP contribution in [0.25, 0.3) is 0 Å². The van der Waals surface area contributed by atoms with E-state index in [1.807, 2.05) is 0 Å². The number of hydrogen-bond donors (Lipinski definition) is 0. The third kappa shape index (κ3) is 2.20. The molecular formula is C7H6Cl2IN2-. The first-order valence-electron chi connectivity index (χ1n) is 3.50. The summed E-state index contributed by atoms with van der Waals surface area (Å²) in [6, 6.07) is 0. The van der Waals surface area contributed by atoms with Crippen molar-refractivity contribution in [2.45, 2.75) is 10.3 Å². The summed E-state index contributed by atoms with van der Waals surface area (Å²) in [4.78, 5) is 7.79. The average Bonchev–Trinajstić information content (AvgIpc) is 2.79. The molecule has 2 nitrogen and oxygen atoms in total. The van der Waals surface area contributed by atoms with Crippen molar-refractivity contribution >= 4 is 23.2 Å². The fourth-order valence-electron chi connectivity index (χ4n) is 0.914. The molecule has 5 heteroatoms. The van der Waals surface area contributed by atoms with E-state index >= 15 is 0 Å². The Balaban J connectivity index is 2.18. The fourth-order valence-corrected chi connectivity index (χ4v) is 2.75. The topological polar surface area (TPSA) is 25.8 Å². The molecule has 1 fully saturated rings. The summed E-state index contributed by atoms with van der Waals surface area (Å²) in [6.45, 7) is 0. The summed E-state index contributed by atoms with van der Waals surface area (Å²) in [7, 11) is 0. The van der Waals surface area contributed by atoms with E-state index in [0.29, 0.717) is 26.4 Å². The first kappa shape index (κ1) is 8.97. The van der Waals surface area contributed by atoms with Gasteiger partial charge in [-0.25, -0.2) is 0 Å². The van der Waals surface area contributed by atoms with E-state index in [2.05, 4.69) is 9.97 Å². The number of aromatic nitrogens is 2. The molecule has 1 aliphatic heterocycles. The molecule has 1 aromatic rings. The summed E-state index contributed by atoms with van der Waals surface area (Å²) in [6.07, 6.45) is 2.78. The van der Waals surface area contributed by atoms with E-state index in [1.54, 1.807) is 6.20 Å². The maximum atomic E-state index is 5.88. The van der Waals surface area contributed by atoms with Crippen LogP contribution in [0.1, 0.15) is 5.56 Å². The van der Waals surface area contributed by atoms with E-state index in [-0.39, 0.29) is 5.28 Å². The Hall–Kier alpha value is 0.390. The summed E-state index contributed by atoms with van der Waals surface area (Å²) in [5.74, 6) is 0. The van der Waals surface area contributed by atoms with Gasteiger partial charge in [0, 0.05) is 0 Å². The van der Waals surface area contributed by atoms with Crippen molar-refractivity contribution in [3.63, 3.8) is 0 Å². The van der Waals surface area contributed by atoms with Crippen LogP contribution in [0.5, 0.6) is 0 Å². The van der Waals surface area contributed by atoms with Crippen molar-refractivity contribution in [1.82, 2.24) is 9.97 Å². The van der Waals surface area contributed by atoms with Crippen molar-refractivity contribution < 1.29 is 21.2 Å². The standard InChI is InChI=1S/C7H6Cl2IN2/c8-6-4(1-5-2-10-5)3-11-7(9)12-6/h3,5H,1-2H2/q-1. The molecular weight excluding hydrogens is 310 g/mol. The van der Waals surface area contributed by atoms with Crippen LogP contribution in [0, 0.1) is 0 Å². The van der Waals surface area contributed by atoms with Gasteiger partial charge >= 0.3 is 91.3 Å². The van der Waals surface area contributed by atoms with Crippen molar-refractivity contribution in [3.8, 4) is 0 Å². The maximum absolute atomic E-state index is 5.88. The van der Waals surface area contributed by atoms with Gasteiger partial charge in [-0.2, -0.15) is 0 Å². The molecule has 2 heterocycles. The molecule has 66 valence electrons. The minimum absolute atomic E-state index is 0.231. The molecule has 1 aliphatic rings. The Bertz CT molecular complexity index is 301. The average molecular weight is 316 g/mol. The molecule has 1 unspecified atom stereocenters. The molecule has 1 saturated heterocycles. The number of alkyl halides is 2. The molecule has 0 N–H and O–H groups in total. The van der Waals surface area contributed by atoms with E-state index in [4.69, 9.17) is 23.2 Å². The predicted molar refractivity (Wildman–Crippen MR) is 44.4 cm³/mol. The molecule has 0 spiro atoms. The van der Waals surface area contributed by atoms with Gasteiger partial charge in [-0.3, -0.25) is 0 Å². The number of rotatable bonds is 2. The SMILES string of the molecule is Clc1ncc(CC2C[I-]2)c(Cl)n1. The van der Waals surface area contributed by atoms with Gasteiger partial charge in [-0.15, -0.1) is 0 Å². The fraction of sp³-hybridized carbons (Fsp3) is 0.429. The second-order valence-corrected chi connectivity index (χ2v) is 6.78. The minimum atomic E-state index is 0.231. The van der Waals surface area contributed by atoms with E-state index in [1.165, 1.54) is 4.43 Å². The van der Waals surface area contributed by atoms with Crippen LogP contribution >= 0.6 is 23.2 Å². The van der Waals surface area contributed by atoms with Gasteiger partial charge in [0.1, 0.15) is 0 Å². The van der Waals surface area contributed by atoms with Crippen molar-refractivity contribution in [2.75, 3.05) is 4.43 Å². The first-order valence-corrected chi connectivity index (χ1v) is 7.03. The molecule has 1 aromatic heterocycles. The van der Waals surface area contributed by atoms with Crippen LogP contribution in [-0.2, 0) is 6.42 Å². The Labute approximate surface area is 91.0 Å². The van der Waals surface area contributed by atoms with Gasteiger partial charge < -0.3 is 0 Å². The van der Waals surface area contributed by atoms with Crippen molar-refractivity contribution in [2.24, 2.45) is 0 Å². The third-order valence-corrected chi connectivity index (χ3v) is 4.67. The molecule has 0 aromatic carbocycles. The monoisotopic (exact) mass is 315 g/mol. The van der Waals surface area contributed by atoms with Crippen molar-refractivity contribution in [3.05, 3.63) is 22.2 Å². The molecule has 1 atom stereocenters. The Morgan fingerprint density at radius 3 is 2.92 bits per heavy atom. The van der Waals surface area contributed by atoms with Crippen molar-refractivity contribution in [1.29, 1.82) is 0 Å². The normalized spacial score (nSPS) is 21.7. The second-order valence-electron chi connectivity index (χ2n) is 2.57. The van der Waals surface area contributed by atoms with Gasteiger partial charge in [0.2, 0.25) is 0 Å². The van der Waals surface area contributed by atoms with E-state index in [9.17, 15) is 0 Å². The quantitative estimate of drug-likeness (QED) is 0.296. The zero-order chi connectivity index (χ0) is 8.55. The van der Waals surface area contributed by atoms with Crippen LogP contribution < -0.4 is 21.2 Å². The van der Waals surface area contributed by atoms with E-state index < -0.39 is 0 Å². The Morgan fingerprint density at radius 1 is 1.58 bits per heavy atom. The van der Waals surface area contributed by atoms with Crippen LogP contribution in [0.2, 0.25) is 10.4 Å². The molecule has 0 bridgehead atoms. The summed E-state index contributed by atoms with van der Waals surface area (Å²) < 4.78 is 2.32. The molecule has 0 saturated carbocycles. The van der Waals surface area contributed by atoms with Crippen LogP contribution in [0.15, 0.2) is 6.20 Å². The van der Waals surface area contributed by atoms with Gasteiger partial charge in [-0.05, 0) is 0 Å². The number of nitrogens with zero attached hydrogens (tertiary/aromatic N) is 2. The van der Waals surface area contributed by atoms with Gasteiger partial charge in [0.15, 0.2) is 0 Å². The molecule has 0 radical (unpaired) electrons. The molecule has 0 aliphatic carbocycles. The number of halogens is 3. The van der Waals surface area contributed by atoms with Crippen LogP contribution in [0.3, 0.4) is 0 Å². The molecule has 12 heavy (non-hydrogen) atoms. The summed E-state index contributed by atoms with van der Waals surface area (Å²) >= 11 is 11.9. The van der Waals surface area contributed by atoms with E-state index in [0.717, 1.165) is 15.9 Å². The summed E-state index contributed by atoms with van der Waals surface area (Å²) in [5, 5.41) is 0.750.